The van der Waals surface area contributed by atoms with Crippen molar-refractivity contribution in [3.8, 4) is 11.4 Å². The maximum atomic E-state index is 7.50. The Morgan fingerprint density at radius 3 is 1.23 bits per heavy atom. The maximum Gasteiger partial charge on any atom is 0.0886 e. The summed E-state index contributed by atoms with van der Waals surface area (Å²) < 4.78 is 0. The van der Waals surface area contributed by atoms with E-state index in [4.69, 9.17) is 14.4 Å². The minimum Gasteiger partial charge on any atom is -0.573 e. The van der Waals surface area contributed by atoms with E-state index in [1.54, 1.807) is 24.8 Å². The van der Waals surface area contributed by atoms with Gasteiger partial charge in [0, 0.05) is 45.2 Å². The first-order chi connectivity index (χ1) is 12.4. The van der Waals surface area contributed by atoms with Crippen molar-refractivity contribution in [2.45, 2.75) is 6.92 Å². The van der Waals surface area contributed by atoms with E-state index in [-0.39, 0.29) is 20.4 Å². The molecule has 3 aromatic heterocycles. The summed E-state index contributed by atoms with van der Waals surface area (Å²) in [5.74, 6) is 0. The summed E-state index contributed by atoms with van der Waals surface area (Å²) in [6.07, 6.45) is 7.11. The molecule has 0 saturated heterocycles. The molecule has 0 aromatic carbocycles. The van der Waals surface area contributed by atoms with Gasteiger partial charge in [0.1, 0.15) is 0 Å². The second-order valence-electron chi connectivity index (χ2n) is 3.95. The van der Waals surface area contributed by atoms with Gasteiger partial charge in [0.05, 0.1) is 11.4 Å². The van der Waals surface area contributed by atoms with Crippen molar-refractivity contribution in [1.29, 1.82) is 0 Å². The zero-order valence-corrected chi connectivity index (χ0v) is 16.6. The van der Waals surface area contributed by atoms with Gasteiger partial charge in [-0.25, -0.2) is 0 Å². The van der Waals surface area contributed by atoms with Crippen LogP contribution < -0.4 is 0 Å². The topological polar surface area (TPSA) is 89.9 Å². The number of nitrogens with zero attached hydrogens (tertiary/aromatic N) is 3. The molecular formula is C19H15N3O3Re-3. The molecule has 3 aromatic rings. The van der Waals surface area contributed by atoms with Crippen LogP contribution in [0.3, 0.4) is 0 Å². The van der Waals surface area contributed by atoms with Crippen LogP contribution in [-0.4, -0.2) is 35.3 Å². The summed E-state index contributed by atoms with van der Waals surface area (Å²) in [4.78, 5) is 34.7. The van der Waals surface area contributed by atoms with E-state index < -0.39 is 0 Å². The number of rotatable bonds is 1. The molecule has 0 aliphatic heterocycles. The molecule has 0 atom stereocenters. The zero-order chi connectivity index (χ0) is 19.3. The van der Waals surface area contributed by atoms with Crippen molar-refractivity contribution in [2.75, 3.05) is 0 Å². The molecule has 0 N–H and O–H groups in total. The number of carbonyl (C=O) groups excluding carboxylic acids is 3. The number of pyridine rings is 3. The molecule has 0 aliphatic carbocycles. The molecule has 0 saturated carbocycles. The van der Waals surface area contributed by atoms with Gasteiger partial charge < -0.3 is 34.8 Å². The standard InChI is InChI=1S/C10H8N2.C6H7N.3CO.Re/c1-3-7-11-9(5-1)10-6-2-4-8-12-10;1-6-2-4-7-5-3-6;3*1-2;/h1-8H;2-5H,1H3;;;;/q;;3*-1;. The number of hydrogen-bond acceptors (Lipinski definition) is 6. The van der Waals surface area contributed by atoms with Gasteiger partial charge in [0.2, 0.25) is 0 Å². The molecule has 26 heavy (non-hydrogen) atoms. The Morgan fingerprint density at radius 2 is 1.00 bits per heavy atom. The normalized spacial score (nSPS) is 7.27. The summed E-state index contributed by atoms with van der Waals surface area (Å²) in [6, 6.07) is 15.5. The molecule has 3 rings (SSSR count). The molecule has 6 nitrogen and oxygen atoms in total. The minimum absolute atomic E-state index is 0. The first-order valence-corrected chi connectivity index (χ1v) is 6.66. The van der Waals surface area contributed by atoms with E-state index >= 15 is 0 Å². The maximum absolute atomic E-state index is 7.50. The monoisotopic (exact) mass is 520 g/mol. The third-order valence-corrected chi connectivity index (χ3v) is 2.44. The SMILES string of the molecule is Cc1ccncc1.[C-]=O.[C-]=O.[C-]=O.[Re].c1ccc(-c2ccccn2)nc1. The molecule has 3 heterocycles. The van der Waals surface area contributed by atoms with E-state index in [2.05, 4.69) is 35.3 Å². The van der Waals surface area contributed by atoms with E-state index in [0.717, 1.165) is 11.4 Å². The van der Waals surface area contributed by atoms with Crippen molar-refractivity contribution in [3.63, 3.8) is 0 Å². The van der Waals surface area contributed by atoms with Crippen LogP contribution in [0.1, 0.15) is 5.56 Å². The van der Waals surface area contributed by atoms with Crippen molar-refractivity contribution < 1.29 is 34.8 Å². The Bertz CT molecular complexity index is 602. The van der Waals surface area contributed by atoms with Crippen LogP contribution in [0.2, 0.25) is 0 Å². The van der Waals surface area contributed by atoms with Crippen LogP contribution >= 0.6 is 0 Å². The Hall–Kier alpha value is -2.88. The Morgan fingerprint density at radius 1 is 0.615 bits per heavy atom. The summed E-state index contributed by atoms with van der Waals surface area (Å²) in [7, 11) is 0. The van der Waals surface area contributed by atoms with Crippen molar-refractivity contribution >= 4 is 20.4 Å². The largest absolute Gasteiger partial charge is 0.573 e. The summed E-state index contributed by atoms with van der Waals surface area (Å²) in [5, 5.41) is 0. The van der Waals surface area contributed by atoms with Gasteiger partial charge in [0.25, 0.3) is 0 Å². The van der Waals surface area contributed by atoms with Gasteiger partial charge in [-0.15, -0.1) is 0 Å². The minimum atomic E-state index is 0. The van der Waals surface area contributed by atoms with E-state index in [1.165, 1.54) is 5.56 Å². The predicted molar refractivity (Wildman–Crippen MR) is 93.5 cm³/mol. The Kier molecular flexibility index (Phi) is 23.8. The Labute approximate surface area is 167 Å². The smallest absolute Gasteiger partial charge is 0.0886 e. The third-order valence-electron chi connectivity index (χ3n) is 2.44. The van der Waals surface area contributed by atoms with Gasteiger partial charge in [-0.2, -0.15) is 0 Å². The Balaban J connectivity index is -0.000000327. The quantitative estimate of drug-likeness (QED) is 0.459. The molecule has 4 radical (unpaired) electrons. The fourth-order valence-corrected chi connectivity index (χ4v) is 1.45. The van der Waals surface area contributed by atoms with Crippen molar-refractivity contribution in [3.05, 3.63) is 78.9 Å². The van der Waals surface area contributed by atoms with Gasteiger partial charge in [-0.1, -0.05) is 12.1 Å². The first kappa shape index (κ1) is 27.9. The fraction of sp³-hybridized carbons (Fsp3) is 0.0526. The van der Waals surface area contributed by atoms with Gasteiger partial charge >= 0.3 is 0 Å². The van der Waals surface area contributed by atoms with Crippen LogP contribution in [0.4, 0.5) is 0 Å². The molecular weight excluding hydrogens is 504 g/mol. The molecule has 0 spiro atoms. The molecule has 0 amide bonds. The van der Waals surface area contributed by atoms with Crippen LogP contribution in [-0.2, 0) is 34.8 Å². The van der Waals surface area contributed by atoms with Crippen LogP contribution in [0.25, 0.3) is 11.4 Å². The number of aromatic nitrogens is 3. The van der Waals surface area contributed by atoms with Gasteiger partial charge in [-0.05, 0) is 48.9 Å². The van der Waals surface area contributed by atoms with Crippen LogP contribution in [0, 0.1) is 6.92 Å². The molecule has 0 unspecified atom stereocenters. The second kappa shape index (κ2) is 22.1. The average Bonchev–Trinajstić information content (AvgIpc) is 2.75. The van der Waals surface area contributed by atoms with Crippen LogP contribution in [0.15, 0.2) is 73.3 Å². The summed E-state index contributed by atoms with van der Waals surface area (Å²) in [6.45, 7) is 15.5. The molecule has 7 heteroatoms. The zero-order valence-electron chi connectivity index (χ0n) is 13.9. The first-order valence-electron chi connectivity index (χ1n) is 6.66. The molecule has 0 bridgehead atoms. The number of aryl methyl sites for hydroxylation is 1. The second-order valence-corrected chi connectivity index (χ2v) is 3.95. The fourth-order valence-electron chi connectivity index (χ4n) is 1.45. The third kappa shape index (κ3) is 13.6. The van der Waals surface area contributed by atoms with Crippen molar-refractivity contribution in [1.82, 2.24) is 15.0 Å². The van der Waals surface area contributed by atoms with Crippen LogP contribution in [0.5, 0.6) is 0 Å². The number of hydrogen-bond donors (Lipinski definition) is 0. The van der Waals surface area contributed by atoms with Gasteiger partial charge in [-0.3, -0.25) is 15.0 Å². The van der Waals surface area contributed by atoms with Crippen molar-refractivity contribution in [2.24, 2.45) is 0 Å². The van der Waals surface area contributed by atoms with Gasteiger partial charge in [0.15, 0.2) is 0 Å². The predicted octanol–water partition coefficient (Wildman–Crippen LogP) is 2.34. The summed E-state index contributed by atoms with van der Waals surface area (Å²) >= 11 is 0. The van der Waals surface area contributed by atoms with E-state index in [0.29, 0.717) is 0 Å². The molecule has 0 aliphatic rings. The van der Waals surface area contributed by atoms with E-state index in [1.807, 2.05) is 55.5 Å². The molecule has 134 valence electrons. The van der Waals surface area contributed by atoms with E-state index in [9.17, 15) is 0 Å². The summed E-state index contributed by atoms with van der Waals surface area (Å²) in [5.41, 5.74) is 3.09. The average molecular weight is 520 g/mol. The molecule has 0 fully saturated rings.